The molecule has 0 aromatic carbocycles. The van der Waals surface area contributed by atoms with Gasteiger partial charge in [0.2, 0.25) is 11.8 Å². The number of hydrogen-bond donors (Lipinski definition) is 1. The number of nitrogens with zero attached hydrogens (tertiary/aromatic N) is 4. The van der Waals surface area contributed by atoms with E-state index in [4.69, 9.17) is 4.98 Å². The number of aromatic amines is 1. The Balaban J connectivity index is 1.11. The number of piperazine rings is 1. The molecule has 0 radical (unpaired) electrons. The molecule has 1 N–H and O–H groups in total. The summed E-state index contributed by atoms with van der Waals surface area (Å²) in [5.74, 6) is 1.59. The van der Waals surface area contributed by atoms with E-state index < -0.39 is 0 Å². The molecule has 2 unspecified atom stereocenters. The number of rotatable bonds is 3. The van der Waals surface area contributed by atoms with E-state index in [9.17, 15) is 14.4 Å². The third-order valence-corrected chi connectivity index (χ3v) is 10.4. The Kier molecular flexibility index (Phi) is 5.30. The predicted molar refractivity (Wildman–Crippen MR) is 129 cm³/mol. The number of thiophene rings is 1. The second-order valence-electron chi connectivity index (χ2n) is 9.77. The van der Waals surface area contributed by atoms with E-state index in [1.54, 1.807) is 23.1 Å². The molecule has 33 heavy (non-hydrogen) atoms. The van der Waals surface area contributed by atoms with Crippen molar-refractivity contribution in [2.75, 3.05) is 31.9 Å². The Labute approximate surface area is 200 Å². The number of fused-ring (bicyclic) bond motifs is 4. The van der Waals surface area contributed by atoms with Crippen molar-refractivity contribution >= 4 is 45.1 Å². The van der Waals surface area contributed by atoms with Crippen molar-refractivity contribution in [3.8, 4) is 0 Å². The average molecular weight is 488 g/mol. The summed E-state index contributed by atoms with van der Waals surface area (Å²) in [5.41, 5.74) is 1.20. The molecule has 2 atom stereocenters. The lowest BCUT2D eigenvalue weighted by Gasteiger charge is -2.37. The van der Waals surface area contributed by atoms with Gasteiger partial charge in [-0.2, -0.15) is 0 Å². The van der Waals surface area contributed by atoms with E-state index in [0.29, 0.717) is 37.6 Å². The van der Waals surface area contributed by atoms with E-state index in [-0.39, 0.29) is 28.3 Å². The molecule has 2 aromatic rings. The van der Waals surface area contributed by atoms with Crippen molar-refractivity contribution in [2.24, 2.45) is 0 Å². The topological polar surface area (TPSA) is 89.6 Å². The van der Waals surface area contributed by atoms with Crippen molar-refractivity contribution in [3.63, 3.8) is 0 Å². The van der Waals surface area contributed by atoms with Gasteiger partial charge in [-0.15, -0.1) is 23.1 Å². The van der Waals surface area contributed by atoms with Gasteiger partial charge in [0.05, 0.1) is 16.8 Å². The number of aryl methyl sites for hydroxylation is 2. The zero-order valence-electron chi connectivity index (χ0n) is 18.9. The fraction of sp³-hybridized carbons (Fsp3) is 0.652. The first-order valence-corrected chi connectivity index (χ1v) is 13.7. The van der Waals surface area contributed by atoms with Crippen LogP contribution in [0.25, 0.3) is 10.2 Å². The molecule has 0 spiro atoms. The van der Waals surface area contributed by atoms with Crippen LogP contribution in [0.1, 0.15) is 48.9 Å². The summed E-state index contributed by atoms with van der Waals surface area (Å²) in [4.78, 5) is 54.2. The van der Waals surface area contributed by atoms with Crippen molar-refractivity contribution in [1.29, 1.82) is 0 Å². The lowest BCUT2D eigenvalue weighted by molar-refractivity contribution is -0.144. The maximum atomic E-state index is 13.2. The van der Waals surface area contributed by atoms with Gasteiger partial charge >= 0.3 is 0 Å². The normalized spacial score (nSPS) is 27.9. The van der Waals surface area contributed by atoms with Crippen LogP contribution in [0.4, 0.5) is 0 Å². The number of carbonyl (C=O) groups is 2. The van der Waals surface area contributed by atoms with Gasteiger partial charge in [-0.25, -0.2) is 4.98 Å². The highest BCUT2D eigenvalue weighted by molar-refractivity contribution is 8.01. The van der Waals surface area contributed by atoms with E-state index in [2.05, 4.69) is 16.8 Å². The average Bonchev–Trinajstić information content (AvgIpc) is 3.44. The minimum absolute atomic E-state index is 0.0136. The SMILES string of the molecule is CC12CCC(=O)N1C(C(=O)N1CCN(Cc3nc4sc5c(c4c(=O)[nH]3)CCCC5)CC1)CS2. The Morgan fingerprint density at radius 2 is 1.94 bits per heavy atom. The van der Waals surface area contributed by atoms with Gasteiger partial charge in [0.15, 0.2) is 0 Å². The van der Waals surface area contributed by atoms with Crippen LogP contribution in [0, 0.1) is 0 Å². The van der Waals surface area contributed by atoms with Crippen molar-refractivity contribution in [1.82, 2.24) is 24.7 Å². The van der Waals surface area contributed by atoms with Gasteiger partial charge in [-0.05, 0) is 44.6 Å². The molecule has 0 bridgehead atoms. The summed E-state index contributed by atoms with van der Waals surface area (Å²) in [6.45, 7) is 5.41. The second kappa shape index (κ2) is 8.09. The maximum absolute atomic E-state index is 13.2. The molecule has 1 aliphatic carbocycles. The molecule has 3 saturated heterocycles. The molecule has 3 aliphatic heterocycles. The lowest BCUT2D eigenvalue weighted by atomic mass is 9.97. The molecule has 8 nitrogen and oxygen atoms in total. The molecule has 10 heteroatoms. The smallest absolute Gasteiger partial charge is 0.259 e. The summed E-state index contributed by atoms with van der Waals surface area (Å²) in [6, 6.07) is -0.327. The van der Waals surface area contributed by atoms with Crippen LogP contribution in [0.15, 0.2) is 4.79 Å². The predicted octanol–water partition coefficient (Wildman–Crippen LogP) is 1.96. The minimum atomic E-state index is -0.327. The quantitative estimate of drug-likeness (QED) is 0.712. The molecule has 5 heterocycles. The van der Waals surface area contributed by atoms with Crippen LogP contribution < -0.4 is 5.56 Å². The maximum Gasteiger partial charge on any atom is 0.259 e. The van der Waals surface area contributed by atoms with Crippen LogP contribution in [-0.4, -0.2) is 79.3 Å². The molecule has 6 rings (SSSR count). The zero-order chi connectivity index (χ0) is 22.7. The fourth-order valence-corrected chi connectivity index (χ4v) is 8.54. The number of carbonyl (C=O) groups excluding carboxylic acids is 2. The van der Waals surface area contributed by atoms with Gasteiger partial charge in [0, 0.05) is 43.2 Å². The summed E-state index contributed by atoms with van der Waals surface area (Å²) in [7, 11) is 0. The van der Waals surface area contributed by atoms with Crippen LogP contribution in [0.5, 0.6) is 0 Å². The monoisotopic (exact) mass is 487 g/mol. The van der Waals surface area contributed by atoms with Gasteiger partial charge in [-0.3, -0.25) is 19.3 Å². The third kappa shape index (κ3) is 3.61. The standard InChI is InChI=1S/C23H29N5O3S2/c1-23-7-6-18(29)28(23)15(13-32-23)22(31)27-10-8-26(9-11-27)12-17-24-20(30)19-14-4-2-3-5-16(14)33-21(19)25-17/h15H,2-13H2,1H3,(H,24,25,30). The number of H-pyrrole nitrogens is 1. The Morgan fingerprint density at radius 1 is 1.15 bits per heavy atom. The molecule has 176 valence electrons. The summed E-state index contributed by atoms with van der Waals surface area (Å²) in [5, 5.41) is 0.798. The second-order valence-corrected chi connectivity index (χ2v) is 12.4. The van der Waals surface area contributed by atoms with Gasteiger partial charge in [0.1, 0.15) is 16.7 Å². The molecule has 3 fully saturated rings. The Bertz CT molecular complexity index is 1180. The number of thioether (sulfide) groups is 1. The van der Waals surface area contributed by atoms with Gasteiger partial charge in [-0.1, -0.05) is 0 Å². The van der Waals surface area contributed by atoms with Gasteiger partial charge in [0.25, 0.3) is 5.56 Å². The highest BCUT2D eigenvalue weighted by Crippen LogP contribution is 2.47. The summed E-state index contributed by atoms with van der Waals surface area (Å²) < 4.78 is 0. The first-order valence-electron chi connectivity index (χ1n) is 11.9. The molecule has 2 aromatic heterocycles. The highest BCUT2D eigenvalue weighted by atomic mass is 32.2. The number of amides is 2. The van der Waals surface area contributed by atoms with Crippen LogP contribution in [0.3, 0.4) is 0 Å². The van der Waals surface area contributed by atoms with E-state index >= 15 is 0 Å². The lowest BCUT2D eigenvalue weighted by Crippen LogP contribution is -2.56. The van der Waals surface area contributed by atoms with E-state index in [1.807, 2.05) is 9.80 Å². The van der Waals surface area contributed by atoms with E-state index in [0.717, 1.165) is 49.0 Å². The van der Waals surface area contributed by atoms with Crippen molar-refractivity contribution in [3.05, 3.63) is 26.6 Å². The summed E-state index contributed by atoms with van der Waals surface area (Å²) >= 11 is 3.42. The van der Waals surface area contributed by atoms with Crippen LogP contribution in [0.2, 0.25) is 0 Å². The first-order chi connectivity index (χ1) is 15.9. The van der Waals surface area contributed by atoms with E-state index in [1.165, 1.54) is 16.9 Å². The Morgan fingerprint density at radius 3 is 2.76 bits per heavy atom. The largest absolute Gasteiger partial charge is 0.338 e. The third-order valence-electron chi connectivity index (χ3n) is 7.66. The molecule has 4 aliphatic rings. The number of aromatic nitrogens is 2. The molecule has 0 saturated carbocycles. The zero-order valence-corrected chi connectivity index (χ0v) is 20.5. The molecular weight excluding hydrogens is 458 g/mol. The number of nitrogens with one attached hydrogen (secondary N) is 1. The van der Waals surface area contributed by atoms with Crippen LogP contribution >= 0.6 is 23.1 Å². The highest BCUT2D eigenvalue weighted by Gasteiger charge is 2.53. The van der Waals surface area contributed by atoms with Gasteiger partial charge < -0.3 is 14.8 Å². The van der Waals surface area contributed by atoms with Crippen LogP contribution in [-0.2, 0) is 29.0 Å². The first kappa shape index (κ1) is 21.6. The number of hydrogen-bond acceptors (Lipinski definition) is 7. The minimum Gasteiger partial charge on any atom is -0.338 e. The molecular formula is C23H29N5O3S2. The fourth-order valence-electron chi connectivity index (χ4n) is 5.84. The Hall–Kier alpha value is -1.91. The molecule has 2 amide bonds. The summed E-state index contributed by atoms with van der Waals surface area (Å²) in [6.07, 6.45) is 5.76. The van der Waals surface area contributed by atoms with Crippen molar-refractivity contribution < 1.29 is 9.59 Å². The van der Waals surface area contributed by atoms with Crippen molar-refractivity contribution in [2.45, 2.75) is 62.9 Å².